The van der Waals surface area contributed by atoms with Crippen molar-refractivity contribution in [1.29, 1.82) is 0 Å². The molecule has 0 radical (unpaired) electrons. The van der Waals surface area contributed by atoms with Gasteiger partial charge in [-0.3, -0.25) is 0 Å². The van der Waals surface area contributed by atoms with E-state index < -0.39 is 0 Å². The van der Waals surface area contributed by atoms with Gasteiger partial charge in [-0.15, -0.1) is 0 Å². The third-order valence-corrected chi connectivity index (χ3v) is 3.39. The van der Waals surface area contributed by atoms with Gasteiger partial charge in [0.15, 0.2) is 0 Å². The van der Waals surface area contributed by atoms with Crippen molar-refractivity contribution in [2.75, 3.05) is 13.2 Å². The van der Waals surface area contributed by atoms with Crippen molar-refractivity contribution in [3.05, 3.63) is 65.7 Å². The van der Waals surface area contributed by atoms with Crippen LogP contribution < -0.4 is 10.1 Å². The van der Waals surface area contributed by atoms with E-state index in [2.05, 4.69) is 66.8 Å². The lowest BCUT2D eigenvalue weighted by Crippen LogP contribution is -2.15. The SMILES string of the molecule is CCCOc1ccc(CNCCCc2ccccc2)cc1. The molecule has 0 aliphatic carbocycles. The molecule has 2 aromatic rings. The molecule has 0 spiro atoms. The van der Waals surface area contributed by atoms with Crippen LogP contribution >= 0.6 is 0 Å². The second-order valence-electron chi connectivity index (χ2n) is 5.26. The predicted molar refractivity (Wildman–Crippen MR) is 88.7 cm³/mol. The highest BCUT2D eigenvalue weighted by Crippen LogP contribution is 2.12. The first kappa shape index (κ1) is 15.6. The molecule has 0 aromatic heterocycles. The highest BCUT2D eigenvalue weighted by atomic mass is 16.5. The van der Waals surface area contributed by atoms with Gasteiger partial charge in [-0.25, -0.2) is 0 Å². The van der Waals surface area contributed by atoms with Crippen molar-refractivity contribution >= 4 is 0 Å². The lowest BCUT2D eigenvalue weighted by atomic mass is 10.1. The molecule has 112 valence electrons. The third kappa shape index (κ3) is 6.01. The number of aryl methyl sites for hydroxylation is 1. The molecule has 0 unspecified atom stereocenters. The van der Waals surface area contributed by atoms with Crippen LogP contribution in [0.1, 0.15) is 30.9 Å². The Bertz CT molecular complexity index is 493. The second-order valence-corrected chi connectivity index (χ2v) is 5.26. The van der Waals surface area contributed by atoms with Crippen LogP contribution in [0.5, 0.6) is 5.75 Å². The molecule has 0 atom stereocenters. The van der Waals surface area contributed by atoms with Gasteiger partial charge in [0.2, 0.25) is 0 Å². The molecule has 0 amide bonds. The van der Waals surface area contributed by atoms with Crippen LogP contribution in [0.15, 0.2) is 54.6 Å². The Morgan fingerprint density at radius 1 is 0.905 bits per heavy atom. The Morgan fingerprint density at radius 3 is 2.38 bits per heavy atom. The van der Waals surface area contributed by atoms with Gasteiger partial charge in [-0.1, -0.05) is 49.4 Å². The van der Waals surface area contributed by atoms with Gasteiger partial charge >= 0.3 is 0 Å². The zero-order valence-electron chi connectivity index (χ0n) is 12.8. The lowest BCUT2D eigenvalue weighted by Gasteiger charge is -2.07. The van der Waals surface area contributed by atoms with Crippen molar-refractivity contribution < 1.29 is 4.74 Å². The predicted octanol–water partition coefficient (Wildman–Crippen LogP) is 4.20. The topological polar surface area (TPSA) is 21.3 Å². The van der Waals surface area contributed by atoms with E-state index in [4.69, 9.17) is 4.74 Å². The Kier molecular flexibility index (Phi) is 6.82. The first-order chi connectivity index (χ1) is 10.4. The maximum atomic E-state index is 5.58. The van der Waals surface area contributed by atoms with Crippen molar-refractivity contribution in [3.63, 3.8) is 0 Å². The molecule has 2 nitrogen and oxygen atoms in total. The van der Waals surface area contributed by atoms with E-state index >= 15 is 0 Å². The van der Waals surface area contributed by atoms with Gasteiger partial charge in [0.25, 0.3) is 0 Å². The fourth-order valence-corrected chi connectivity index (χ4v) is 2.22. The van der Waals surface area contributed by atoms with Gasteiger partial charge in [-0.2, -0.15) is 0 Å². The van der Waals surface area contributed by atoms with E-state index in [1.807, 2.05) is 0 Å². The first-order valence-corrected chi connectivity index (χ1v) is 7.85. The Balaban J connectivity index is 1.62. The number of nitrogens with one attached hydrogen (secondary N) is 1. The van der Waals surface area contributed by atoms with Gasteiger partial charge in [0.1, 0.15) is 5.75 Å². The fraction of sp³-hybridized carbons (Fsp3) is 0.368. The molecule has 0 aliphatic heterocycles. The minimum atomic E-state index is 0.789. The molecule has 0 heterocycles. The molecule has 2 rings (SSSR count). The van der Waals surface area contributed by atoms with Gasteiger partial charge in [0.05, 0.1) is 6.61 Å². The van der Waals surface area contributed by atoms with Crippen LogP contribution in [0.25, 0.3) is 0 Å². The van der Waals surface area contributed by atoms with Gasteiger partial charge < -0.3 is 10.1 Å². The summed E-state index contributed by atoms with van der Waals surface area (Å²) in [5.41, 5.74) is 2.72. The van der Waals surface area contributed by atoms with Crippen LogP contribution in [-0.2, 0) is 13.0 Å². The lowest BCUT2D eigenvalue weighted by molar-refractivity contribution is 0.317. The van der Waals surface area contributed by atoms with Crippen molar-refractivity contribution in [2.45, 2.75) is 32.7 Å². The average molecular weight is 283 g/mol. The minimum absolute atomic E-state index is 0.789. The smallest absolute Gasteiger partial charge is 0.119 e. The molecular weight excluding hydrogens is 258 g/mol. The first-order valence-electron chi connectivity index (χ1n) is 7.85. The summed E-state index contributed by atoms with van der Waals surface area (Å²) in [6, 6.07) is 19.0. The zero-order chi connectivity index (χ0) is 14.8. The summed E-state index contributed by atoms with van der Waals surface area (Å²) in [5.74, 6) is 0.963. The summed E-state index contributed by atoms with van der Waals surface area (Å²) < 4.78 is 5.58. The Hall–Kier alpha value is -1.80. The van der Waals surface area contributed by atoms with E-state index in [-0.39, 0.29) is 0 Å². The molecular formula is C19H25NO. The largest absolute Gasteiger partial charge is 0.494 e. The maximum Gasteiger partial charge on any atom is 0.119 e. The van der Waals surface area contributed by atoms with Crippen molar-refractivity contribution in [3.8, 4) is 5.75 Å². The number of hydrogen-bond donors (Lipinski definition) is 1. The van der Waals surface area contributed by atoms with E-state index in [0.717, 1.165) is 38.3 Å². The molecule has 21 heavy (non-hydrogen) atoms. The fourth-order valence-electron chi connectivity index (χ4n) is 2.22. The summed E-state index contributed by atoms with van der Waals surface area (Å²) in [6.45, 7) is 4.87. The summed E-state index contributed by atoms with van der Waals surface area (Å²) in [6.07, 6.45) is 3.35. The van der Waals surface area contributed by atoms with E-state index in [0.29, 0.717) is 0 Å². The molecule has 0 aliphatic rings. The number of benzene rings is 2. The monoisotopic (exact) mass is 283 g/mol. The van der Waals surface area contributed by atoms with Crippen LogP contribution in [0, 0.1) is 0 Å². The molecule has 0 saturated heterocycles. The standard InChI is InChI=1S/C19H25NO/c1-2-15-21-19-12-10-18(11-13-19)16-20-14-6-9-17-7-4-3-5-8-17/h3-5,7-8,10-13,20H,2,6,9,14-16H2,1H3. The van der Waals surface area contributed by atoms with Gasteiger partial charge in [0, 0.05) is 6.54 Å². The van der Waals surface area contributed by atoms with Gasteiger partial charge in [-0.05, 0) is 49.1 Å². The van der Waals surface area contributed by atoms with Crippen molar-refractivity contribution in [1.82, 2.24) is 5.32 Å². The van der Waals surface area contributed by atoms with Crippen LogP contribution in [0.2, 0.25) is 0 Å². The van der Waals surface area contributed by atoms with Crippen LogP contribution in [0.3, 0.4) is 0 Å². The Morgan fingerprint density at radius 2 is 1.67 bits per heavy atom. The van der Waals surface area contributed by atoms with Crippen LogP contribution in [-0.4, -0.2) is 13.2 Å². The average Bonchev–Trinajstić information content (AvgIpc) is 2.55. The summed E-state index contributed by atoms with van der Waals surface area (Å²) >= 11 is 0. The van der Waals surface area contributed by atoms with E-state index in [9.17, 15) is 0 Å². The van der Waals surface area contributed by atoms with Crippen LogP contribution in [0.4, 0.5) is 0 Å². The maximum absolute atomic E-state index is 5.58. The molecule has 0 bridgehead atoms. The summed E-state index contributed by atoms with van der Waals surface area (Å²) in [7, 11) is 0. The summed E-state index contributed by atoms with van der Waals surface area (Å²) in [4.78, 5) is 0. The third-order valence-electron chi connectivity index (χ3n) is 3.39. The number of rotatable bonds is 9. The second kappa shape index (κ2) is 9.19. The van der Waals surface area contributed by atoms with E-state index in [1.165, 1.54) is 17.5 Å². The molecule has 1 N–H and O–H groups in total. The highest BCUT2D eigenvalue weighted by molar-refractivity contribution is 5.27. The number of ether oxygens (including phenoxy) is 1. The molecule has 0 fully saturated rings. The van der Waals surface area contributed by atoms with Crippen molar-refractivity contribution in [2.24, 2.45) is 0 Å². The minimum Gasteiger partial charge on any atom is -0.494 e. The molecule has 0 saturated carbocycles. The highest BCUT2D eigenvalue weighted by Gasteiger charge is 1.96. The molecule has 2 aromatic carbocycles. The molecule has 2 heteroatoms. The Labute approximate surface area is 128 Å². The van der Waals surface area contributed by atoms with E-state index in [1.54, 1.807) is 0 Å². The normalized spacial score (nSPS) is 10.5. The number of hydrogen-bond acceptors (Lipinski definition) is 2. The summed E-state index contributed by atoms with van der Waals surface area (Å²) in [5, 5.41) is 3.49. The quantitative estimate of drug-likeness (QED) is 0.696. The zero-order valence-corrected chi connectivity index (χ0v) is 12.8.